The second-order valence-electron chi connectivity index (χ2n) is 38.6. The predicted molar refractivity (Wildman–Crippen MR) is 486 cm³/mol. The van der Waals surface area contributed by atoms with Crippen molar-refractivity contribution in [3.8, 4) is 5.75 Å². The molecule has 17 amide bonds. The molecule has 12 atom stereocenters. The molecule has 2 fully saturated rings. The standard InChI is InChI=1S/C87H142N20O27S/c1-44(2)66(69(91)115)105-79(125)59-26-23-39-107(59)80(126)56(40-64(112)113)101-74(120)53-30-34-63(111)93-37-21-20-24-49(95-75(121)54(29-33-62(90)110)104-82(127)134-86(15,16)17)70(116)102-57(42-130-83(6,7)8)77(123)98-51(27-31-60(88)108)72(118)96-50(25-22-38-94-81(92)106-135(128,129)68-46(4)45(3)67-48(47(68)5)35-36-87(18,19)133-67)71(117)103-58(43-131-84(9,10)11)78(124)99-52(28-32-61(89)109)73(119)100-55(76(122)97-53)41-65(114)132-85(12,13)14/h44,49-59,66H,20-43H2,1-19H3,(H2,88,108)(H2,89,109)(H2,90,110)(H2,91,115)(H,93,111)(H,95,121)(H,96,118)(H,97,122)(H,98,123)(H,99,124)(H,100,119)(H,101,120)(H,102,116)(H,103,117)(H,104,127)(H,105,125)(H,112,113)(H3,92,94,106)/t49-,50-,51-,52-,53-,54-,55-,56-,57-,58-,59-,66-/m0/s1. The Bertz CT molecular complexity index is 4650. The number of ether oxygens (including phenoxy) is 5. The number of nitrogens with one attached hydrogen (secondary N) is 13. The van der Waals surface area contributed by atoms with Crippen LogP contribution in [-0.2, 0) is 122 Å². The molecule has 0 aliphatic carbocycles. The van der Waals surface area contributed by atoms with E-state index in [0.29, 0.717) is 40.8 Å². The molecule has 3 aliphatic heterocycles. The molecule has 0 aromatic heterocycles. The van der Waals surface area contributed by atoms with Crippen LogP contribution in [0, 0.1) is 26.7 Å². The first kappa shape index (κ1) is 115. The molecule has 48 heteroatoms. The van der Waals surface area contributed by atoms with Gasteiger partial charge >= 0.3 is 18.0 Å². The van der Waals surface area contributed by atoms with Gasteiger partial charge in [-0.25, -0.2) is 17.9 Å². The number of sulfonamides is 1. The van der Waals surface area contributed by atoms with Gasteiger partial charge < -0.3 is 126 Å². The van der Waals surface area contributed by atoms with Crippen LogP contribution in [0.5, 0.6) is 5.75 Å². The van der Waals surface area contributed by atoms with Crippen molar-refractivity contribution in [2.75, 3.05) is 32.8 Å². The lowest BCUT2D eigenvalue weighted by atomic mass is 9.88. The molecule has 0 unspecified atom stereocenters. The summed E-state index contributed by atoms with van der Waals surface area (Å²) in [5.74, 6) is -21.7. The number of nitrogens with two attached hydrogens (primary N) is 5. The quantitative estimate of drug-likeness (QED) is 0.0152. The van der Waals surface area contributed by atoms with Gasteiger partial charge in [0.05, 0.1) is 42.2 Å². The van der Waals surface area contributed by atoms with Crippen molar-refractivity contribution in [1.82, 2.24) is 73.4 Å². The average molecular weight is 1930 g/mol. The fraction of sp³-hybridized carbons (Fsp3) is 0.701. The van der Waals surface area contributed by atoms with E-state index in [2.05, 4.69) is 73.5 Å². The van der Waals surface area contributed by atoms with Crippen LogP contribution >= 0.6 is 0 Å². The highest BCUT2D eigenvalue weighted by atomic mass is 32.2. The predicted octanol–water partition coefficient (Wildman–Crippen LogP) is -2.32. The highest BCUT2D eigenvalue weighted by Gasteiger charge is 2.44. The van der Waals surface area contributed by atoms with E-state index in [1.165, 1.54) is 41.5 Å². The Hall–Kier alpha value is -12.1. The molecule has 758 valence electrons. The minimum atomic E-state index is -4.51. The number of guanidine groups is 1. The maximum atomic E-state index is 15.4. The zero-order valence-electron chi connectivity index (χ0n) is 80.7. The highest BCUT2D eigenvalue weighted by Crippen LogP contribution is 2.42. The third-order valence-electron chi connectivity index (χ3n) is 21.4. The van der Waals surface area contributed by atoms with E-state index in [4.69, 9.17) is 52.4 Å². The Kier molecular flexibility index (Phi) is 43.5. The van der Waals surface area contributed by atoms with Gasteiger partial charge in [-0.3, -0.25) is 91.3 Å². The zero-order valence-corrected chi connectivity index (χ0v) is 81.5. The van der Waals surface area contributed by atoms with E-state index < -0.39 is 332 Å². The Balaban J connectivity index is 2.05. The van der Waals surface area contributed by atoms with Crippen LogP contribution in [0.15, 0.2) is 9.89 Å². The molecule has 1 aromatic carbocycles. The number of benzene rings is 1. The highest BCUT2D eigenvalue weighted by molar-refractivity contribution is 7.90. The van der Waals surface area contributed by atoms with Gasteiger partial charge in [0, 0.05) is 45.3 Å². The number of likely N-dealkylation sites (tertiary alicyclic amines) is 1. The smallest absolute Gasteiger partial charge is 0.408 e. The first-order valence-corrected chi connectivity index (χ1v) is 46.4. The lowest BCUT2D eigenvalue weighted by Gasteiger charge is -2.35. The van der Waals surface area contributed by atoms with Crippen molar-refractivity contribution in [1.29, 1.82) is 0 Å². The summed E-state index contributed by atoms with van der Waals surface area (Å²) >= 11 is 0. The molecule has 0 spiro atoms. The molecule has 3 aliphatic rings. The van der Waals surface area contributed by atoms with E-state index in [1.54, 1.807) is 76.2 Å². The number of fused-ring (bicyclic) bond motifs is 1. The number of esters is 1. The van der Waals surface area contributed by atoms with Crippen molar-refractivity contribution in [2.45, 2.75) is 359 Å². The molecule has 2 saturated heterocycles. The fourth-order valence-electron chi connectivity index (χ4n) is 14.4. The van der Waals surface area contributed by atoms with Crippen LogP contribution in [0.1, 0.15) is 249 Å². The number of alkyl carbamates (subject to hydrolysis) is 1. The number of rotatable bonds is 33. The summed E-state index contributed by atoms with van der Waals surface area (Å²) in [5, 5.41) is 39.7. The minimum Gasteiger partial charge on any atom is -0.487 e. The molecular formula is C87H142N20O27S. The van der Waals surface area contributed by atoms with E-state index >= 15 is 38.4 Å². The molecular weight excluding hydrogens is 1790 g/mol. The van der Waals surface area contributed by atoms with Crippen LogP contribution in [0.25, 0.3) is 0 Å². The Morgan fingerprint density at radius 1 is 0.570 bits per heavy atom. The first-order chi connectivity index (χ1) is 62.3. The van der Waals surface area contributed by atoms with E-state index in [1.807, 2.05) is 13.8 Å². The van der Waals surface area contributed by atoms with Gasteiger partial charge in [0.1, 0.15) is 95.1 Å². The number of aliphatic imine (C=N–C) groups is 1. The van der Waals surface area contributed by atoms with Crippen molar-refractivity contribution in [3.63, 3.8) is 0 Å². The summed E-state index contributed by atoms with van der Waals surface area (Å²) in [6.45, 7) is 27.8. The topological polar surface area (TPSA) is 727 Å². The largest absolute Gasteiger partial charge is 0.487 e. The van der Waals surface area contributed by atoms with Crippen LogP contribution in [0.2, 0.25) is 0 Å². The van der Waals surface area contributed by atoms with E-state index in [9.17, 15) is 66.3 Å². The number of aliphatic carboxylic acids is 1. The second kappa shape index (κ2) is 51.0. The normalized spacial score (nSPS) is 21.7. The second-order valence-corrected chi connectivity index (χ2v) is 40.2. The number of nitrogens with zero attached hydrogens (tertiary/aromatic N) is 2. The van der Waals surface area contributed by atoms with Crippen LogP contribution < -0.4 is 102 Å². The number of hydrogen-bond donors (Lipinski definition) is 19. The monoisotopic (exact) mass is 1930 g/mol. The number of hydrogen-bond acceptors (Lipinski definition) is 27. The molecule has 3 heterocycles. The maximum Gasteiger partial charge on any atom is 0.408 e. The fourth-order valence-corrected chi connectivity index (χ4v) is 15.9. The third-order valence-corrected chi connectivity index (χ3v) is 23.0. The van der Waals surface area contributed by atoms with Gasteiger partial charge in [-0.1, -0.05) is 13.8 Å². The third kappa shape index (κ3) is 40.2. The summed E-state index contributed by atoms with van der Waals surface area (Å²) < 4.78 is 60.4. The molecule has 24 N–H and O–H groups in total. The SMILES string of the molecule is Cc1c(C)c(S(=O)(=O)NC(N)=NCCC[C@@H]2NC(=O)[C@H](CCC(N)=O)NC(=O)[C@H](COC(C)(C)C)NC(=O)[C@@H](NC(=O)[C@H](CCC(N)=O)NC(=O)OC(C)(C)C)CCCCNC(=O)CC[C@@H](C(=O)N[C@@H](CC(=O)O)C(=O)N3CCC[C@H]3C(=O)N[C@H](C(N)=O)C(C)C)NC(=O)[C@H](CC(=O)OC(C)(C)C)NC(=O)[C@H](CCC(N)=O)NC(=O)[C@H](COC(C)(C)C)NC2=O)c(C)c2c1OC(C)(C)CC2. The summed E-state index contributed by atoms with van der Waals surface area (Å²) in [6, 6.07) is -21.9. The van der Waals surface area contributed by atoms with Crippen LogP contribution in [0.3, 0.4) is 0 Å². The maximum absolute atomic E-state index is 15.4. The molecule has 4 rings (SSSR count). The summed E-state index contributed by atoms with van der Waals surface area (Å²) in [7, 11) is -4.51. The first-order valence-electron chi connectivity index (χ1n) is 44.9. The lowest BCUT2D eigenvalue weighted by Crippen LogP contribution is -2.62. The van der Waals surface area contributed by atoms with Gasteiger partial charge in [0.15, 0.2) is 0 Å². The van der Waals surface area contributed by atoms with E-state index in [0.717, 1.165) is 4.90 Å². The Labute approximate surface area is 786 Å². The molecule has 47 nitrogen and oxygen atoms in total. The molecule has 0 saturated carbocycles. The molecule has 1 aromatic rings. The average Bonchev–Trinajstić information content (AvgIpc) is 0.973. The summed E-state index contributed by atoms with van der Waals surface area (Å²) in [6.07, 6.45) is -8.83. The molecule has 0 radical (unpaired) electrons. The number of carboxylic acids is 1. The van der Waals surface area contributed by atoms with Gasteiger partial charge in [-0.2, -0.15) is 0 Å². The van der Waals surface area contributed by atoms with Crippen molar-refractivity contribution < 1.29 is 128 Å². The Morgan fingerprint density at radius 2 is 1.07 bits per heavy atom. The van der Waals surface area contributed by atoms with Gasteiger partial charge in [-0.15, -0.1) is 0 Å². The van der Waals surface area contributed by atoms with Gasteiger partial charge in [0.2, 0.25) is 100 Å². The molecule has 135 heavy (non-hydrogen) atoms. The van der Waals surface area contributed by atoms with Crippen LogP contribution in [-0.4, -0.2) is 270 Å². The van der Waals surface area contributed by atoms with Gasteiger partial charge in [0.25, 0.3) is 10.0 Å². The minimum absolute atomic E-state index is 0.00935. The number of carbonyl (C=O) groups is 19. The van der Waals surface area contributed by atoms with Crippen LogP contribution in [0.4, 0.5) is 4.79 Å². The van der Waals surface area contributed by atoms with Crippen molar-refractivity contribution in [2.24, 2.45) is 39.6 Å². The van der Waals surface area contributed by atoms with Gasteiger partial charge in [-0.05, 0) is 229 Å². The molecule has 0 bridgehead atoms. The Morgan fingerprint density at radius 3 is 1.58 bits per heavy atom. The lowest BCUT2D eigenvalue weighted by molar-refractivity contribution is -0.157. The summed E-state index contributed by atoms with van der Waals surface area (Å²) in [5.41, 5.74) is 25.4. The van der Waals surface area contributed by atoms with Crippen molar-refractivity contribution in [3.05, 3.63) is 22.3 Å². The number of amides is 17. The van der Waals surface area contributed by atoms with E-state index in [-0.39, 0.29) is 50.1 Å². The number of carbonyl (C=O) groups excluding carboxylic acids is 18. The number of primary amides is 4. The zero-order chi connectivity index (χ0) is 102. The van der Waals surface area contributed by atoms with Crippen molar-refractivity contribution >= 4 is 129 Å². The number of carboxylic acid groups (broad SMARTS) is 1. The summed E-state index contributed by atoms with van der Waals surface area (Å²) in [4.78, 5) is 274.